The van der Waals surface area contributed by atoms with Crippen molar-refractivity contribution in [2.45, 2.75) is 0 Å². The van der Waals surface area contributed by atoms with E-state index < -0.39 is 11.9 Å². The van der Waals surface area contributed by atoms with Crippen LogP contribution in [0, 0.1) is 0 Å². The number of halogens is 2. The number of benzene rings is 2. The van der Waals surface area contributed by atoms with Gasteiger partial charge in [0.05, 0.1) is 10.6 Å². The molecule has 0 amide bonds. The van der Waals surface area contributed by atoms with Crippen molar-refractivity contribution in [2.75, 3.05) is 6.61 Å². The van der Waals surface area contributed by atoms with Gasteiger partial charge in [-0.2, -0.15) is 0 Å². The van der Waals surface area contributed by atoms with Gasteiger partial charge in [0.25, 0.3) is 0 Å². The summed E-state index contributed by atoms with van der Waals surface area (Å²) in [6.45, 7) is -0.349. The second-order valence-corrected chi connectivity index (χ2v) is 5.49. The van der Waals surface area contributed by atoms with Gasteiger partial charge in [0, 0.05) is 4.47 Å². The summed E-state index contributed by atoms with van der Waals surface area (Å²) in [7, 11) is 0. The molecule has 114 valence electrons. The van der Waals surface area contributed by atoms with Gasteiger partial charge in [0.15, 0.2) is 6.61 Å². The van der Waals surface area contributed by atoms with Crippen LogP contribution in [0.1, 0.15) is 10.4 Å². The first kappa shape index (κ1) is 16.3. The fourth-order valence-electron chi connectivity index (χ4n) is 1.58. The molecule has 0 spiro atoms. The molecular formula is C15H10BrClO5. The summed E-state index contributed by atoms with van der Waals surface area (Å²) in [6.07, 6.45) is 0. The molecule has 0 saturated heterocycles. The first-order valence-corrected chi connectivity index (χ1v) is 7.24. The zero-order valence-corrected chi connectivity index (χ0v) is 13.4. The third-order valence-electron chi connectivity index (χ3n) is 2.55. The highest BCUT2D eigenvalue weighted by Gasteiger charge is 2.10. The van der Waals surface area contributed by atoms with E-state index in [4.69, 9.17) is 26.2 Å². The van der Waals surface area contributed by atoms with Crippen LogP contribution in [-0.4, -0.2) is 23.7 Å². The summed E-state index contributed by atoms with van der Waals surface area (Å²) in [6, 6.07) is 10.6. The van der Waals surface area contributed by atoms with Gasteiger partial charge in [-0.05, 0) is 36.4 Å². The SMILES string of the molecule is O=C(COc1ccc(Br)cc1Cl)Oc1cccc(C(=O)O)c1. The van der Waals surface area contributed by atoms with E-state index >= 15 is 0 Å². The van der Waals surface area contributed by atoms with Gasteiger partial charge < -0.3 is 14.6 Å². The second-order valence-electron chi connectivity index (χ2n) is 4.17. The largest absolute Gasteiger partial charge is 0.480 e. The topological polar surface area (TPSA) is 72.8 Å². The fourth-order valence-corrected chi connectivity index (χ4v) is 2.31. The molecule has 2 aromatic carbocycles. The quantitative estimate of drug-likeness (QED) is 0.626. The van der Waals surface area contributed by atoms with Gasteiger partial charge >= 0.3 is 11.9 Å². The summed E-state index contributed by atoms with van der Waals surface area (Å²) in [4.78, 5) is 22.5. The molecule has 0 bridgehead atoms. The zero-order chi connectivity index (χ0) is 16.1. The first-order chi connectivity index (χ1) is 10.5. The molecule has 0 aliphatic carbocycles. The van der Waals surface area contributed by atoms with Crippen LogP contribution in [0.2, 0.25) is 5.02 Å². The Labute approximate surface area is 139 Å². The zero-order valence-electron chi connectivity index (χ0n) is 11.1. The van der Waals surface area contributed by atoms with Gasteiger partial charge in [0.2, 0.25) is 0 Å². The van der Waals surface area contributed by atoms with Crippen LogP contribution >= 0.6 is 27.5 Å². The number of carboxylic acids is 1. The average Bonchev–Trinajstić information content (AvgIpc) is 2.46. The van der Waals surface area contributed by atoms with E-state index in [0.717, 1.165) is 4.47 Å². The van der Waals surface area contributed by atoms with Crippen LogP contribution in [0.4, 0.5) is 0 Å². The number of ether oxygens (including phenoxy) is 2. The lowest BCUT2D eigenvalue weighted by Gasteiger charge is -2.08. The minimum Gasteiger partial charge on any atom is -0.480 e. The van der Waals surface area contributed by atoms with Gasteiger partial charge in [-0.25, -0.2) is 9.59 Å². The van der Waals surface area contributed by atoms with Crippen LogP contribution in [0.15, 0.2) is 46.9 Å². The summed E-state index contributed by atoms with van der Waals surface area (Å²) in [5.41, 5.74) is 0.0298. The highest BCUT2D eigenvalue weighted by molar-refractivity contribution is 9.10. The number of esters is 1. The predicted molar refractivity (Wildman–Crippen MR) is 83.7 cm³/mol. The normalized spacial score (nSPS) is 10.1. The minimum atomic E-state index is -1.10. The van der Waals surface area contributed by atoms with Crippen molar-refractivity contribution in [1.29, 1.82) is 0 Å². The molecule has 0 saturated carbocycles. The molecule has 0 heterocycles. The average molecular weight is 386 g/mol. The van der Waals surface area contributed by atoms with Crippen molar-refractivity contribution in [3.8, 4) is 11.5 Å². The maximum Gasteiger partial charge on any atom is 0.349 e. The van der Waals surface area contributed by atoms with E-state index in [9.17, 15) is 9.59 Å². The van der Waals surface area contributed by atoms with Gasteiger partial charge in [0.1, 0.15) is 11.5 Å². The van der Waals surface area contributed by atoms with Crippen LogP contribution in [0.25, 0.3) is 0 Å². The van der Waals surface area contributed by atoms with E-state index in [2.05, 4.69) is 15.9 Å². The molecule has 0 aromatic heterocycles. The Morgan fingerprint density at radius 2 is 1.95 bits per heavy atom. The Hall–Kier alpha value is -2.05. The highest BCUT2D eigenvalue weighted by Crippen LogP contribution is 2.27. The predicted octanol–water partition coefficient (Wildman–Crippen LogP) is 3.79. The van der Waals surface area contributed by atoms with E-state index in [1.807, 2.05) is 0 Å². The molecular weight excluding hydrogens is 376 g/mol. The summed E-state index contributed by atoms with van der Waals surface area (Å²) < 4.78 is 11.1. The number of hydrogen-bond donors (Lipinski definition) is 1. The summed E-state index contributed by atoms with van der Waals surface area (Å²) in [5, 5.41) is 9.22. The van der Waals surface area contributed by atoms with Crippen molar-refractivity contribution < 1.29 is 24.2 Å². The number of carbonyl (C=O) groups is 2. The standard InChI is InChI=1S/C15H10BrClO5/c16-10-4-5-13(12(17)7-10)21-8-14(18)22-11-3-1-2-9(6-11)15(19)20/h1-7H,8H2,(H,19,20). The molecule has 7 heteroatoms. The summed E-state index contributed by atoms with van der Waals surface area (Å²) >= 11 is 9.22. The third-order valence-corrected chi connectivity index (χ3v) is 3.34. The lowest BCUT2D eigenvalue weighted by molar-refractivity contribution is -0.136. The maximum absolute atomic E-state index is 11.7. The maximum atomic E-state index is 11.7. The number of carbonyl (C=O) groups excluding carboxylic acids is 1. The van der Waals surface area contributed by atoms with E-state index in [1.54, 1.807) is 18.2 Å². The Morgan fingerprint density at radius 3 is 2.64 bits per heavy atom. The Balaban J connectivity index is 1.95. The molecule has 0 fully saturated rings. The third kappa shape index (κ3) is 4.47. The Kier molecular flexibility index (Phi) is 5.41. The molecule has 5 nitrogen and oxygen atoms in total. The smallest absolute Gasteiger partial charge is 0.349 e. The van der Waals surface area contributed by atoms with Crippen molar-refractivity contribution in [3.05, 3.63) is 57.5 Å². The van der Waals surface area contributed by atoms with Crippen LogP contribution in [-0.2, 0) is 4.79 Å². The lowest BCUT2D eigenvalue weighted by Crippen LogP contribution is -2.18. The van der Waals surface area contributed by atoms with Gasteiger partial charge in [-0.15, -0.1) is 0 Å². The lowest BCUT2D eigenvalue weighted by atomic mass is 10.2. The van der Waals surface area contributed by atoms with Crippen molar-refractivity contribution in [3.63, 3.8) is 0 Å². The van der Waals surface area contributed by atoms with Gasteiger partial charge in [-0.1, -0.05) is 33.6 Å². The number of aromatic carboxylic acids is 1. The van der Waals surface area contributed by atoms with Crippen molar-refractivity contribution in [2.24, 2.45) is 0 Å². The Morgan fingerprint density at radius 1 is 1.18 bits per heavy atom. The summed E-state index contributed by atoms with van der Waals surface area (Å²) in [5.74, 6) is -1.28. The van der Waals surface area contributed by atoms with E-state index in [0.29, 0.717) is 10.8 Å². The molecule has 0 unspecified atom stereocenters. The van der Waals surface area contributed by atoms with Crippen LogP contribution < -0.4 is 9.47 Å². The van der Waals surface area contributed by atoms with E-state index in [1.165, 1.54) is 24.3 Å². The number of hydrogen-bond acceptors (Lipinski definition) is 4. The molecule has 22 heavy (non-hydrogen) atoms. The molecule has 0 radical (unpaired) electrons. The van der Waals surface area contributed by atoms with Crippen LogP contribution in [0.3, 0.4) is 0 Å². The molecule has 2 aromatic rings. The number of carboxylic acid groups (broad SMARTS) is 1. The molecule has 1 N–H and O–H groups in total. The fraction of sp³-hybridized carbons (Fsp3) is 0.0667. The molecule has 0 atom stereocenters. The minimum absolute atomic E-state index is 0.0298. The Bertz CT molecular complexity index is 717. The molecule has 0 aliphatic rings. The second kappa shape index (κ2) is 7.29. The van der Waals surface area contributed by atoms with Crippen molar-refractivity contribution in [1.82, 2.24) is 0 Å². The first-order valence-electron chi connectivity index (χ1n) is 6.07. The van der Waals surface area contributed by atoms with Crippen molar-refractivity contribution >= 4 is 39.5 Å². The monoisotopic (exact) mass is 384 g/mol. The number of rotatable bonds is 5. The highest BCUT2D eigenvalue weighted by atomic mass is 79.9. The van der Waals surface area contributed by atoms with Crippen LogP contribution in [0.5, 0.6) is 11.5 Å². The van der Waals surface area contributed by atoms with E-state index in [-0.39, 0.29) is 17.9 Å². The molecule has 0 aliphatic heterocycles. The van der Waals surface area contributed by atoms with Gasteiger partial charge in [-0.3, -0.25) is 0 Å². The molecule has 2 rings (SSSR count).